The summed E-state index contributed by atoms with van der Waals surface area (Å²) < 4.78 is -0.689. The fourth-order valence-electron chi connectivity index (χ4n) is 7.16. The van der Waals surface area contributed by atoms with Gasteiger partial charge in [-0.3, -0.25) is 14.4 Å². The predicted octanol–water partition coefficient (Wildman–Crippen LogP) is 4.12. The van der Waals surface area contributed by atoms with E-state index in [0.717, 1.165) is 18.4 Å². The Bertz CT molecular complexity index is 1090. The molecule has 0 aromatic heterocycles. The molecule has 2 bridgehead atoms. The number of rotatable bonds is 14. The zero-order chi connectivity index (χ0) is 29.0. The van der Waals surface area contributed by atoms with Gasteiger partial charge in [-0.2, -0.15) is 0 Å². The summed E-state index contributed by atoms with van der Waals surface area (Å²) in [6.45, 7) is 15.5. The molecule has 1 spiro atoms. The van der Waals surface area contributed by atoms with E-state index in [-0.39, 0.29) is 35.5 Å². The number of carbonyl (C=O) groups is 3. The van der Waals surface area contributed by atoms with E-state index in [4.69, 9.17) is 0 Å². The van der Waals surface area contributed by atoms with E-state index in [1.807, 2.05) is 42.2 Å². The Morgan fingerprint density at radius 1 is 1.15 bits per heavy atom. The Kier molecular flexibility index (Phi) is 9.83. The van der Waals surface area contributed by atoms with E-state index in [9.17, 15) is 19.5 Å². The van der Waals surface area contributed by atoms with Gasteiger partial charge in [0, 0.05) is 31.4 Å². The quantitative estimate of drug-likeness (QED) is 0.342. The highest BCUT2D eigenvalue weighted by Crippen LogP contribution is 2.67. The molecule has 3 saturated heterocycles. The first-order chi connectivity index (χ1) is 19.2. The van der Waals surface area contributed by atoms with Gasteiger partial charge in [-0.15, -0.1) is 24.9 Å². The minimum atomic E-state index is -0.739. The van der Waals surface area contributed by atoms with E-state index in [1.54, 1.807) is 33.7 Å². The lowest BCUT2D eigenvalue weighted by Crippen LogP contribution is -2.57. The first kappa shape index (κ1) is 30.4. The summed E-state index contributed by atoms with van der Waals surface area (Å²) in [5, 5.41) is 10.5. The minimum absolute atomic E-state index is 0.00252. The van der Waals surface area contributed by atoms with Crippen LogP contribution < -0.4 is 0 Å². The van der Waals surface area contributed by atoms with Crippen molar-refractivity contribution in [1.29, 1.82) is 0 Å². The molecule has 7 nitrogen and oxygen atoms in total. The summed E-state index contributed by atoms with van der Waals surface area (Å²) in [5.74, 6) is -1.12. The fraction of sp³-hybridized carbons (Fsp3) is 0.594. The number of aliphatic hydroxyl groups excluding tert-OH is 1. The SMILES string of the molecule is C=CCN(Cc1ccccc1)C(=O)C1N([C@@H](CO)CC(C)C)C(=O)[C@@H]2[C@@H](C(=O)N(CC=C)CCC)[C@H]3CCC12S3. The number of amides is 3. The highest BCUT2D eigenvalue weighted by molar-refractivity contribution is 8.02. The van der Waals surface area contributed by atoms with Crippen LogP contribution >= 0.6 is 11.8 Å². The lowest BCUT2D eigenvalue weighted by Gasteiger charge is -2.40. The van der Waals surface area contributed by atoms with Crippen LogP contribution in [0.1, 0.15) is 52.0 Å². The van der Waals surface area contributed by atoms with Crippen molar-refractivity contribution in [3.05, 3.63) is 61.2 Å². The smallest absolute Gasteiger partial charge is 0.247 e. The van der Waals surface area contributed by atoms with Crippen molar-refractivity contribution in [2.75, 3.05) is 26.2 Å². The first-order valence-electron chi connectivity index (χ1n) is 14.7. The molecule has 3 aliphatic heterocycles. The van der Waals surface area contributed by atoms with E-state index in [0.29, 0.717) is 39.0 Å². The van der Waals surface area contributed by atoms with E-state index in [2.05, 4.69) is 27.0 Å². The lowest BCUT2D eigenvalue weighted by atomic mass is 9.70. The van der Waals surface area contributed by atoms with Crippen molar-refractivity contribution in [3.63, 3.8) is 0 Å². The maximum Gasteiger partial charge on any atom is 0.247 e. The van der Waals surface area contributed by atoms with E-state index in [1.165, 1.54) is 0 Å². The Labute approximate surface area is 243 Å². The number of fused-ring (bicyclic) bond motifs is 1. The molecule has 8 heteroatoms. The molecule has 6 atom stereocenters. The Hall–Kier alpha value is -2.58. The Balaban J connectivity index is 1.77. The van der Waals surface area contributed by atoms with Crippen LogP contribution in [0.4, 0.5) is 0 Å². The minimum Gasteiger partial charge on any atom is -0.394 e. The highest BCUT2D eigenvalue weighted by atomic mass is 32.2. The third-order valence-corrected chi connectivity index (χ3v) is 10.6. The molecular weight excluding hydrogens is 522 g/mol. The second kappa shape index (κ2) is 12.9. The standard InChI is InChI=1S/C32H45N3O4S/c1-6-16-33(17-7-2)29(37)26-25-14-15-32(40-25)27(26)30(38)35(24(21-36)19-22(4)5)28(32)31(39)34(18-8-3)20-23-12-10-9-11-13-23/h6,8-13,22,24-28,36H,1,3,7,14-21H2,2,4-5H3/t24-,25-,26+,27+,28?,32?/m1/s1. The molecule has 1 aromatic carbocycles. The molecule has 4 rings (SSSR count). The van der Waals surface area contributed by atoms with Crippen LogP contribution in [0, 0.1) is 17.8 Å². The molecule has 218 valence electrons. The van der Waals surface area contributed by atoms with Crippen molar-refractivity contribution in [2.24, 2.45) is 17.8 Å². The molecule has 0 aliphatic carbocycles. The maximum atomic E-state index is 14.6. The summed E-state index contributed by atoms with van der Waals surface area (Å²) in [6.07, 6.45) is 6.36. The molecule has 3 fully saturated rings. The van der Waals surface area contributed by atoms with Gasteiger partial charge in [0.15, 0.2) is 0 Å². The Morgan fingerprint density at radius 2 is 1.82 bits per heavy atom. The molecule has 0 saturated carbocycles. The summed E-state index contributed by atoms with van der Waals surface area (Å²) in [7, 11) is 0. The molecule has 1 N–H and O–H groups in total. The fourth-order valence-corrected chi connectivity index (χ4v) is 9.35. The molecule has 3 heterocycles. The number of likely N-dealkylation sites (tertiary alicyclic amines) is 1. The second-order valence-corrected chi connectivity index (χ2v) is 13.4. The van der Waals surface area contributed by atoms with Crippen LogP contribution in [-0.4, -0.2) is 85.8 Å². The van der Waals surface area contributed by atoms with Gasteiger partial charge in [0.1, 0.15) is 6.04 Å². The molecule has 1 aromatic rings. The van der Waals surface area contributed by atoms with Crippen molar-refractivity contribution >= 4 is 29.5 Å². The number of hydrogen-bond donors (Lipinski definition) is 1. The predicted molar refractivity (Wildman–Crippen MR) is 160 cm³/mol. The summed E-state index contributed by atoms with van der Waals surface area (Å²) >= 11 is 1.68. The molecule has 3 aliphatic rings. The molecule has 0 radical (unpaired) electrons. The van der Waals surface area contributed by atoms with Crippen LogP contribution in [0.15, 0.2) is 55.6 Å². The lowest BCUT2D eigenvalue weighted by molar-refractivity contribution is -0.147. The van der Waals surface area contributed by atoms with Gasteiger partial charge in [0.05, 0.1) is 29.2 Å². The van der Waals surface area contributed by atoms with Crippen molar-refractivity contribution in [2.45, 2.75) is 75.1 Å². The van der Waals surface area contributed by atoms with Crippen LogP contribution in [0.25, 0.3) is 0 Å². The third kappa shape index (κ3) is 5.49. The van der Waals surface area contributed by atoms with Gasteiger partial charge in [0.25, 0.3) is 0 Å². The number of hydrogen-bond acceptors (Lipinski definition) is 5. The van der Waals surface area contributed by atoms with Crippen molar-refractivity contribution in [3.8, 4) is 0 Å². The average molecular weight is 568 g/mol. The van der Waals surface area contributed by atoms with Gasteiger partial charge >= 0.3 is 0 Å². The monoisotopic (exact) mass is 567 g/mol. The third-order valence-electron chi connectivity index (χ3n) is 8.64. The molecule has 2 unspecified atom stereocenters. The second-order valence-electron chi connectivity index (χ2n) is 11.8. The number of carbonyl (C=O) groups excluding carboxylic acids is 3. The maximum absolute atomic E-state index is 14.6. The summed E-state index contributed by atoms with van der Waals surface area (Å²) in [6, 6.07) is 8.60. The van der Waals surface area contributed by atoms with E-state index >= 15 is 0 Å². The topological polar surface area (TPSA) is 81.2 Å². The van der Waals surface area contributed by atoms with Crippen LogP contribution in [-0.2, 0) is 20.9 Å². The molecule has 3 amide bonds. The largest absolute Gasteiger partial charge is 0.394 e. The zero-order valence-electron chi connectivity index (χ0n) is 24.2. The van der Waals surface area contributed by atoms with Gasteiger partial charge in [-0.05, 0) is 37.2 Å². The first-order valence-corrected chi connectivity index (χ1v) is 15.6. The van der Waals surface area contributed by atoms with Crippen LogP contribution in [0.5, 0.6) is 0 Å². The van der Waals surface area contributed by atoms with Crippen molar-refractivity contribution < 1.29 is 19.5 Å². The van der Waals surface area contributed by atoms with Gasteiger partial charge in [-0.25, -0.2) is 0 Å². The van der Waals surface area contributed by atoms with E-state index < -0.39 is 28.7 Å². The van der Waals surface area contributed by atoms with Gasteiger partial charge in [-0.1, -0.05) is 63.3 Å². The highest BCUT2D eigenvalue weighted by Gasteiger charge is 2.74. The molecule has 40 heavy (non-hydrogen) atoms. The van der Waals surface area contributed by atoms with Gasteiger partial charge < -0.3 is 19.8 Å². The van der Waals surface area contributed by atoms with Gasteiger partial charge in [0.2, 0.25) is 17.7 Å². The molecular formula is C32H45N3O4S. The average Bonchev–Trinajstić information content (AvgIpc) is 3.58. The number of benzene rings is 1. The van der Waals surface area contributed by atoms with Crippen LogP contribution in [0.3, 0.4) is 0 Å². The number of thioether (sulfide) groups is 1. The van der Waals surface area contributed by atoms with Crippen LogP contribution in [0.2, 0.25) is 0 Å². The summed E-state index contributed by atoms with van der Waals surface area (Å²) in [4.78, 5) is 48.4. The number of nitrogens with zero attached hydrogens (tertiary/aromatic N) is 3. The zero-order valence-corrected chi connectivity index (χ0v) is 25.0. The normalized spacial score (nSPS) is 27.5. The van der Waals surface area contributed by atoms with Crippen molar-refractivity contribution in [1.82, 2.24) is 14.7 Å². The number of aliphatic hydroxyl groups is 1. The summed E-state index contributed by atoms with van der Waals surface area (Å²) in [5.41, 5.74) is 1.000. The Morgan fingerprint density at radius 3 is 2.42 bits per heavy atom.